The molecule has 0 fully saturated rings. The Labute approximate surface area is 134 Å². The molecule has 1 heterocycles. The zero-order valence-corrected chi connectivity index (χ0v) is 13.2. The molecule has 1 aliphatic heterocycles. The molecule has 2 aromatic carbocycles. The first-order valence-electron chi connectivity index (χ1n) is 7.04. The monoisotopic (exact) mass is 317 g/mol. The van der Waals surface area contributed by atoms with E-state index >= 15 is 0 Å². The number of rotatable bonds is 4. The van der Waals surface area contributed by atoms with Crippen molar-refractivity contribution in [3.05, 3.63) is 46.5 Å². The maximum Gasteiger partial charge on any atom is 0.231 e. The predicted molar refractivity (Wildman–Crippen MR) is 87.2 cm³/mol. The van der Waals surface area contributed by atoms with Crippen molar-refractivity contribution in [2.75, 3.05) is 13.4 Å². The van der Waals surface area contributed by atoms with Crippen LogP contribution in [0.25, 0.3) is 0 Å². The minimum absolute atomic E-state index is 0.231. The molecular weight excluding hydrogens is 302 g/mol. The van der Waals surface area contributed by atoms with Crippen LogP contribution in [0.15, 0.2) is 35.3 Å². The number of nitrogens with zero attached hydrogens (tertiary/aromatic N) is 1. The van der Waals surface area contributed by atoms with Gasteiger partial charge in [-0.2, -0.15) is 0 Å². The van der Waals surface area contributed by atoms with Gasteiger partial charge in [0.05, 0.1) is 12.3 Å². The van der Waals surface area contributed by atoms with Gasteiger partial charge < -0.3 is 14.2 Å². The largest absolute Gasteiger partial charge is 0.493 e. The zero-order valence-electron chi connectivity index (χ0n) is 12.4. The Bertz CT molecular complexity index is 728. The normalized spacial score (nSPS) is 12.9. The highest BCUT2D eigenvalue weighted by molar-refractivity contribution is 6.31. The highest BCUT2D eigenvalue weighted by Gasteiger charge is 2.17. The molecule has 0 radical (unpaired) electrons. The van der Waals surface area contributed by atoms with E-state index in [2.05, 4.69) is 4.99 Å². The Hall–Kier alpha value is -2.20. The summed E-state index contributed by atoms with van der Waals surface area (Å²) in [5, 5.41) is 0.699. The van der Waals surface area contributed by atoms with Crippen LogP contribution in [0.3, 0.4) is 0 Å². The lowest BCUT2D eigenvalue weighted by atomic mass is 10.2. The maximum atomic E-state index is 6.12. The zero-order chi connectivity index (χ0) is 15.5. The Balaban J connectivity index is 1.93. The second-order valence-corrected chi connectivity index (χ2v) is 5.28. The van der Waals surface area contributed by atoms with Crippen LogP contribution in [-0.2, 0) is 0 Å². The molecule has 0 saturated heterocycles. The van der Waals surface area contributed by atoms with Gasteiger partial charge in [-0.05, 0) is 37.6 Å². The van der Waals surface area contributed by atoms with Crippen LogP contribution in [0.1, 0.15) is 18.1 Å². The predicted octanol–water partition coefficient (Wildman–Crippen LogP) is 4.53. The molecule has 2 aromatic rings. The first kappa shape index (κ1) is 14.7. The SMILES string of the molecule is CCOc1cc2c(cc1C=Nc1ccc(C)c(Cl)c1)OCO2. The second kappa shape index (κ2) is 6.28. The topological polar surface area (TPSA) is 40.0 Å². The Morgan fingerprint density at radius 2 is 2.00 bits per heavy atom. The van der Waals surface area contributed by atoms with Gasteiger partial charge in [0.25, 0.3) is 0 Å². The highest BCUT2D eigenvalue weighted by atomic mass is 35.5. The van der Waals surface area contributed by atoms with Crippen molar-refractivity contribution in [2.24, 2.45) is 4.99 Å². The van der Waals surface area contributed by atoms with Crippen molar-refractivity contribution >= 4 is 23.5 Å². The number of ether oxygens (including phenoxy) is 3. The van der Waals surface area contributed by atoms with E-state index in [4.69, 9.17) is 25.8 Å². The number of aliphatic imine (C=N–C) groups is 1. The van der Waals surface area contributed by atoms with Gasteiger partial charge in [-0.1, -0.05) is 17.7 Å². The van der Waals surface area contributed by atoms with Gasteiger partial charge in [0.15, 0.2) is 11.5 Å². The fourth-order valence-electron chi connectivity index (χ4n) is 2.13. The van der Waals surface area contributed by atoms with Gasteiger partial charge >= 0.3 is 0 Å². The first-order valence-corrected chi connectivity index (χ1v) is 7.42. The van der Waals surface area contributed by atoms with E-state index < -0.39 is 0 Å². The third-order valence-electron chi connectivity index (χ3n) is 3.31. The summed E-state index contributed by atoms with van der Waals surface area (Å²) in [6, 6.07) is 9.39. The van der Waals surface area contributed by atoms with Crippen LogP contribution in [0.4, 0.5) is 5.69 Å². The number of hydrogen-bond donors (Lipinski definition) is 0. The molecule has 0 bridgehead atoms. The molecule has 1 aliphatic rings. The van der Waals surface area contributed by atoms with E-state index in [1.807, 2.05) is 44.2 Å². The van der Waals surface area contributed by atoms with Crippen molar-refractivity contribution in [2.45, 2.75) is 13.8 Å². The molecule has 0 spiro atoms. The molecule has 0 N–H and O–H groups in total. The Morgan fingerprint density at radius 1 is 1.23 bits per heavy atom. The standard InChI is InChI=1S/C17H16ClNO3/c1-3-20-15-8-17-16(21-10-22-17)6-12(15)9-19-13-5-4-11(2)14(18)7-13/h4-9H,3,10H2,1-2H3. The van der Waals surface area contributed by atoms with Crippen molar-refractivity contribution in [3.8, 4) is 17.2 Å². The summed E-state index contributed by atoms with van der Waals surface area (Å²) in [5.74, 6) is 2.11. The highest BCUT2D eigenvalue weighted by Crippen LogP contribution is 2.37. The lowest BCUT2D eigenvalue weighted by Gasteiger charge is -2.08. The van der Waals surface area contributed by atoms with Crippen LogP contribution in [0.5, 0.6) is 17.2 Å². The molecule has 5 heteroatoms. The Kier molecular flexibility index (Phi) is 4.20. The third-order valence-corrected chi connectivity index (χ3v) is 3.72. The van der Waals surface area contributed by atoms with Gasteiger partial charge in [-0.25, -0.2) is 0 Å². The van der Waals surface area contributed by atoms with Gasteiger partial charge in [-0.15, -0.1) is 0 Å². The molecule has 0 amide bonds. The lowest BCUT2D eigenvalue weighted by Crippen LogP contribution is -1.96. The summed E-state index contributed by atoms with van der Waals surface area (Å²) in [4.78, 5) is 4.46. The minimum Gasteiger partial charge on any atom is -0.493 e. The number of hydrogen-bond acceptors (Lipinski definition) is 4. The van der Waals surface area contributed by atoms with E-state index in [-0.39, 0.29) is 6.79 Å². The molecule has 114 valence electrons. The van der Waals surface area contributed by atoms with Gasteiger partial charge in [0.2, 0.25) is 6.79 Å². The average molecular weight is 318 g/mol. The van der Waals surface area contributed by atoms with Crippen LogP contribution in [0, 0.1) is 6.92 Å². The van der Waals surface area contributed by atoms with Crippen LogP contribution in [0.2, 0.25) is 5.02 Å². The molecule has 0 aliphatic carbocycles. The Morgan fingerprint density at radius 3 is 2.73 bits per heavy atom. The molecule has 4 nitrogen and oxygen atoms in total. The van der Waals surface area contributed by atoms with Crippen molar-refractivity contribution in [1.82, 2.24) is 0 Å². The van der Waals surface area contributed by atoms with Crippen LogP contribution in [-0.4, -0.2) is 19.6 Å². The first-order chi connectivity index (χ1) is 10.7. The van der Waals surface area contributed by atoms with E-state index in [1.54, 1.807) is 6.21 Å². The number of halogens is 1. The molecule has 0 aromatic heterocycles. The van der Waals surface area contributed by atoms with Crippen LogP contribution >= 0.6 is 11.6 Å². The molecular formula is C17H16ClNO3. The maximum absolute atomic E-state index is 6.12. The third kappa shape index (κ3) is 3.02. The summed E-state index contributed by atoms with van der Waals surface area (Å²) in [5.41, 5.74) is 2.65. The molecule has 0 unspecified atom stereocenters. The summed E-state index contributed by atoms with van der Waals surface area (Å²) in [6.45, 7) is 4.69. The second-order valence-electron chi connectivity index (χ2n) is 4.87. The molecule has 0 saturated carbocycles. The van der Waals surface area contributed by atoms with Gasteiger partial charge in [-0.3, -0.25) is 4.99 Å². The summed E-state index contributed by atoms with van der Waals surface area (Å²) in [6.07, 6.45) is 1.74. The quantitative estimate of drug-likeness (QED) is 0.778. The van der Waals surface area contributed by atoms with Crippen LogP contribution < -0.4 is 14.2 Å². The smallest absolute Gasteiger partial charge is 0.231 e. The van der Waals surface area contributed by atoms with Crippen molar-refractivity contribution < 1.29 is 14.2 Å². The number of benzene rings is 2. The fourth-order valence-corrected chi connectivity index (χ4v) is 2.30. The summed E-state index contributed by atoms with van der Waals surface area (Å²) >= 11 is 6.12. The van der Waals surface area contributed by atoms with E-state index in [9.17, 15) is 0 Å². The molecule has 3 rings (SSSR count). The minimum atomic E-state index is 0.231. The van der Waals surface area contributed by atoms with Crippen molar-refractivity contribution in [3.63, 3.8) is 0 Å². The average Bonchev–Trinajstić information content (AvgIpc) is 2.96. The summed E-state index contributed by atoms with van der Waals surface area (Å²) < 4.78 is 16.4. The molecule has 22 heavy (non-hydrogen) atoms. The van der Waals surface area contributed by atoms with Crippen molar-refractivity contribution in [1.29, 1.82) is 0 Å². The van der Waals surface area contributed by atoms with E-state index in [0.717, 1.165) is 16.8 Å². The summed E-state index contributed by atoms with van der Waals surface area (Å²) in [7, 11) is 0. The lowest BCUT2D eigenvalue weighted by molar-refractivity contribution is 0.174. The fraction of sp³-hybridized carbons (Fsp3) is 0.235. The van der Waals surface area contributed by atoms with Gasteiger partial charge in [0, 0.05) is 22.9 Å². The number of fused-ring (bicyclic) bond motifs is 1. The van der Waals surface area contributed by atoms with E-state index in [1.165, 1.54) is 0 Å². The van der Waals surface area contributed by atoms with E-state index in [0.29, 0.717) is 28.9 Å². The molecule has 0 atom stereocenters. The number of aryl methyl sites for hydroxylation is 1. The van der Waals surface area contributed by atoms with Gasteiger partial charge in [0.1, 0.15) is 5.75 Å².